The Morgan fingerprint density at radius 2 is 2.28 bits per heavy atom. The van der Waals surface area contributed by atoms with Crippen molar-refractivity contribution in [3.8, 4) is 0 Å². The summed E-state index contributed by atoms with van der Waals surface area (Å²) < 4.78 is 13.0. The van der Waals surface area contributed by atoms with E-state index >= 15 is 0 Å². The molecule has 0 spiro atoms. The summed E-state index contributed by atoms with van der Waals surface area (Å²) in [5, 5.41) is -0.0215. The molecular weight excluding hydrogens is 276 g/mol. The van der Waals surface area contributed by atoms with Gasteiger partial charge in [0.15, 0.2) is 0 Å². The van der Waals surface area contributed by atoms with Crippen molar-refractivity contribution in [2.24, 2.45) is 5.92 Å². The molecule has 1 atom stereocenters. The highest BCUT2D eigenvalue weighted by atomic mass is 35.5. The zero-order valence-corrected chi connectivity index (χ0v) is 11.3. The molecule has 0 radical (unpaired) electrons. The van der Waals surface area contributed by atoms with E-state index in [1.54, 1.807) is 4.90 Å². The van der Waals surface area contributed by atoms with Crippen molar-refractivity contribution in [1.82, 2.24) is 4.90 Å². The SMILES string of the molecule is O=C(c1ccc(F)c(Cl)c1)N1CCCC(CCl)C1. The second-order valence-electron chi connectivity index (χ2n) is 4.54. The fraction of sp³-hybridized carbons (Fsp3) is 0.462. The molecule has 1 unspecified atom stereocenters. The maximum atomic E-state index is 13.0. The monoisotopic (exact) mass is 289 g/mol. The highest BCUT2D eigenvalue weighted by Gasteiger charge is 2.24. The van der Waals surface area contributed by atoms with Crippen LogP contribution in [0.5, 0.6) is 0 Å². The van der Waals surface area contributed by atoms with Gasteiger partial charge in [-0.05, 0) is 37.0 Å². The van der Waals surface area contributed by atoms with Gasteiger partial charge in [-0.2, -0.15) is 0 Å². The second-order valence-corrected chi connectivity index (χ2v) is 5.26. The molecule has 1 amide bonds. The van der Waals surface area contributed by atoms with Crippen LogP contribution in [0.1, 0.15) is 23.2 Å². The first-order chi connectivity index (χ1) is 8.61. The van der Waals surface area contributed by atoms with E-state index in [0.717, 1.165) is 19.4 Å². The summed E-state index contributed by atoms with van der Waals surface area (Å²) in [6.45, 7) is 1.39. The van der Waals surface area contributed by atoms with Crippen molar-refractivity contribution in [1.29, 1.82) is 0 Å². The summed E-state index contributed by atoms with van der Waals surface area (Å²) >= 11 is 11.5. The summed E-state index contributed by atoms with van der Waals surface area (Å²) in [4.78, 5) is 14.0. The summed E-state index contributed by atoms with van der Waals surface area (Å²) in [6.07, 6.45) is 2.01. The Bertz CT molecular complexity index is 453. The largest absolute Gasteiger partial charge is 0.338 e. The highest BCUT2D eigenvalue weighted by molar-refractivity contribution is 6.31. The zero-order chi connectivity index (χ0) is 13.1. The summed E-state index contributed by atoms with van der Waals surface area (Å²) in [6, 6.07) is 4.07. The minimum Gasteiger partial charge on any atom is -0.338 e. The Morgan fingerprint density at radius 1 is 1.50 bits per heavy atom. The number of piperidine rings is 1. The molecule has 1 fully saturated rings. The Kier molecular flexibility index (Phi) is 4.46. The molecule has 5 heteroatoms. The van der Waals surface area contributed by atoms with Gasteiger partial charge >= 0.3 is 0 Å². The molecule has 1 aromatic carbocycles. The van der Waals surface area contributed by atoms with Crippen molar-refractivity contribution >= 4 is 29.1 Å². The number of likely N-dealkylation sites (tertiary alicyclic amines) is 1. The molecular formula is C13H14Cl2FNO. The fourth-order valence-electron chi connectivity index (χ4n) is 2.19. The number of hydrogen-bond acceptors (Lipinski definition) is 1. The standard InChI is InChI=1S/C13H14Cl2FNO/c14-7-9-2-1-5-17(8-9)13(18)10-3-4-12(16)11(15)6-10/h3-4,6,9H,1-2,5,7-8H2. The van der Waals surface area contributed by atoms with Gasteiger partial charge in [0.2, 0.25) is 0 Å². The molecule has 18 heavy (non-hydrogen) atoms. The average molecular weight is 290 g/mol. The van der Waals surface area contributed by atoms with Crippen LogP contribution in [0.25, 0.3) is 0 Å². The molecule has 0 aromatic heterocycles. The van der Waals surface area contributed by atoms with Crippen LogP contribution < -0.4 is 0 Å². The van der Waals surface area contributed by atoms with Crippen molar-refractivity contribution in [3.63, 3.8) is 0 Å². The molecule has 0 N–H and O–H groups in total. The molecule has 0 saturated carbocycles. The number of carbonyl (C=O) groups excluding carboxylic acids is 1. The lowest BCUT2D eigenvalue weighted by Crippen LogP contribution is -2.40. The predicted octanol–water partition coefficient (Wildman–Crippen LogP) is 3.57. The molecule has 0 aliphatic carbocycles. The van der Waals surface area contributed by atoms with Crippen molar-refractivity contribution in [2.75, 3.05) is 19.0 Å². The average Bonchev–Trinajstić information content (AvgIpc) is 2.41. The Hall–Kier alpha value is -0.800. The second kappa shape index (κ2) is 5.89. The molecule has 1 aliphatic rings. The number of nitrogens with zero attached hydrogens (tertiary/aromatic N) is 1. The van der Waals surface area contributed by atoms with Crippen LogP contribution in [-0.2, 0) is 0 Å². The first-order valence-electron chi connectivity index (χ1n) is 5.92. The van der Waals surface area contributed by atoms with Gasteiger partial charge in [-0.1, -0.05) is 11.6 Å². The van der Waals surface area contributed by atoms with E-state index in [-0.39, 0.29) is 10.9 Å². The van der Waals surface area contributed by atoms with Crippen molar-refractivity contribution in [3.05, 3.63) is 34.6 Å². The van der Waals surface area contributed by atoms with Gasteiger partial charge in [-0.25, -0.2) is 4.39 Å². The first kappa shape index (κ1) is 13.6. The van der Waals surface area contributed by atoms with E-state index < -0.39 is 5.82 Å². The lowest BCUT2D eigenvalue weighted by molar-refractivity contribution is 0.0685. The van der Waals surface area contributed by atoms with Gasteiger partial charge in [0.25, 0.3) is 5.91 Å². The third kappa shape index (κ3) is 2.96. The number of amides is 1. The van der Waals surface area contributed by atoms with E-state index in [0.29, 0.717) is 23.9 Å². The van der Waals surface area contributed by atoms with Crippen molar-refractivity contribution in [2.45, 2.75) is 12.8 Å². The Morgan fingerprint density at radius 3 is 2.94 bits per heavy atom. The normalized spacial score (nSPS) is 19.9. The van der Waals surface area contributed by atoms with Gasteiger partial charge in [0.1, 0.15) is 5.82 Å². The van der Waals surface area contributed by atoms with Crippen LogP contribution >= 0.6 is 23.2 Å². The van der Waals surface area contributed by atoms with Crippen molar-refractivity contribution < 1.29 is 9.18 Å². The van der Waals surface area contributed by atoms with Crippen LogP contribution in [0.2, 0.25) is 5.02 Å². The third-order valence-corrected chi connectivity index (χ3v) is 3.92. The van der Waals surface area contributed by atoms with Crippen LogP contribution in [0.3, 0.4) is 0 Å². The molecule has 1 aliphatic heterocycles. The zero-order valence-electron chi connectivity index (χ0n) is 9.83. The van der Waals surface area contributed by atoms with E-state index in [4.69, 9.17) is 23.2 Å². The molecule has 0 bridgehead atoms. The van der Waals surface area contributed by atoms with Gasteiger partial charge in [0.05, 0.1) is 5.02 Å². The van der Waals surface area contributed by atoms with E-state index in [9.17, 15) is 9.18 Å². The first-order valence-corrected chi connectivity index (χ1v) is 6.83. The lowest BCUT2D eigenvalue weighted by Gasteiger charge is -2.31. The smallest absolute Gasteiger partial charge is 0.253 e. The van der Waals surface area contributed by atoms with Crippen LogP contribution in [0.4, 0.5) is 4.39 Å². The van der Waals surface area contributed by atoms with Crippen LogP contribution in [-0.4, -0.2) is 29.8 Å². The van der Waals surface area contributed by atoms with Gasteiger partial charge in [-0.15, -0.1) is 11.6 Å². The van der Waals surface area contributed by atoms with Crippen LogP contribution in [0, 0.1) is 11.7 Å². The summed E-state index contributed by atoms with van der Waals surface area (Å²) in [7, 11) is 0. The van der Waals surface area contributed by atoms with Crippen LogP contribution in [0.15, 0.2) is 18.2 Å². The number of halogens is 3. The minimum atomic E-state index is -0.509. The number of alkyl halides is 1. The Labute approximate surface area is 116 Å². The molecule has 2 rings (SSSR count). The number of hydrogen-bond donors (Lipinski definition) is 0. The maximum absolute atomic E-state index is 13.0. The molecule has 98 valence electrons. The summed E-state index contributed by atoms with van der Waals surface area (Å²) in [5.41, 5.74) is 0.427. The quantitative estimate of drug-likeness (QED) is 0.762. The Balaban J connectivity index is 2.12. The molecule has 2 nitrogen and oxygen atoms in total. The number of benzene rings is 1. The molecule has 1 saturated heterocycles. The van der Waals surface area contributed by atoms with E-state index in [1.165, 1.54) is 18.2 Å². The molecule has 1 heterocycles. The van der Waals surface area contributed by atoms with Gasteiger partial charge in [-0.3, -0.25) is 4.79 Å². The fourth-order valence-corrected chi connectivity index (χ4v) is 2.62. The number of carbonyl (C=O) groups is 1. The topological polar surface area (TPSA) is 20.3 Å². The van der Waals surface area contributed by atoms with E-state index in [2.05, 4.69) is 0 Å². The predicted molar refractivity (Wildman–Crippen MR) is 70.8 cm³/mol. The van der Waals surface area contributed by atoms with Gasteiger partial charge < -0.3 is 4.90 Å². The summed E-state index contributed by atoms with van der Waals surface area (Å²) in [5.74, 6) is 0.297. The lowest BCUT2D eigenvalue weighted by atomic mass is 9.99. The molecule has 1 aromatic rings. The van der Waals surface area contributed by atoms with E-state index in [1.807, 2.05) is 0 Å². The van der Waals surface area contributed by atoms with Gasteiger partial charge in [0, 0.05) is 24.5 Å². The number of rotatable bonds is 2. The minimum absolute atomic E-state index is 0.0215. The maximum Gasteiger partial charge on any atom is 0.253 e. The highest BCUT2D eigenvalue weighted by Crippen LogP contribution is 2.22. The third-order valence-electron chi connectivity index (χ3n) is 3.19.